The molecule has 0 aromatic rings. The summed E-state index contributed by atoms with van der Waals surface area (Å²) < 4.78 is 25.6. The molecule has 0 spiro atoms. The van der Waals surface area contributed by atoms with E-state index in [1.165, 1.54) is 6.92 Å². The molecule has 1 aliphatic heterocycles. The van der Waals surface area contributed by atoms with Crippen molar-refractivity contribution < 1.29 is 18.7 Å². The van der Waals surface area contributed by atoms with Crippen LogP contribution in [0.5, 0.6) is 0 Å². The Hall–Kier alpha value is -0.710. The van der Waals surface area contributed by atoms with Gasteiger partial charge < -0.3 is 10.0 Å². The number of hydrogen-bond acceptors (Lipinski definition) is 2. The van der Waals surface area contributed by atoms with Crippen LogP contribution in [0, 0.1) is 0 Å². The summed E-state index contributed by atoms with van der Waals surface area (Å²) in [7, 11) is 0. The van der Waals surface area contributed by atoms with Gasteiger partial charge in [-0.2, -0.15) is 0 Å². The van der Waals surface area contributed by atoms with E-state index in [2.05, 4.69) is 0 Å². The molecule has 0 bridgehead atoms. The van der Waals surface area contributed by atoms with Crippen LogP contribution in [-0.4, -0.2) is 41.0 Å². The maximum Gasteiger partial charge on any atom is 0.265 e. The zero-order valence-corrected chi connectivity index (χ0v) is 7.46. The number of halogens is 2. The van der Waals surface area contributed by atoms with E-state index in [4.69, 9.17) is 5.11 Å². The SMILES string of the molecule is CC(O)C(=O)N1CCCC(F)(F)C1. The number of alkyl halides is 2. The van der Waals surface area contributed by atoms with Crippen LogP contribution in [0.1, 0.15) is 19.8 Å². The summed E-state index contributed by atoms with van der Waals surface area (Å²) in [4.78, 5) is 12.2. The van der Waals surface area contributed by atoms with Crippen molar-refractivity contribution in [2.75, 3.05) is 13.1 Å². The van der Waals surface area contributed by atoms with Crippen molar-refractivity contribution in [3.8, 4) is 0 Å². The molecule has 0 aromatic carbocycles. The minimum absolute atomic E-state index is 0.170. The molecule has 3 nitrogen and oxygen atoms in total. The molecule has 0 aromatic heterocycles. The lowest BCUT2D eigenvalue weighted by atomic mass is 10.1. The molecule has 0 saturated carbocycles. The zero-order chi connectivity index (χ0) is 10.1. The van der Waals surface area contributed by atoms with Crippen LogP contribution in [-0.2, 0) is 4.79 Å². The van der Waals surface area contributed by atoms with Crippen molar-refractivity contribution in [1.29, 1.82) is 0 Å². The van der Waals surface area contributed by atoms with Crippen molar-refractivity contribution in [2.24, 2.45) is 0 Å². The minimum atomic E-state index is -2.79. The highest BCUT2D eigenvalue weighted by Crippen LogP contribution is 2.26. The lowest BCUT2D eigenvalue weighted by Gasteiger charge is -2.33. The minimum Gasteiger partial charge on any atom is -0.384 e. The first-order valence-electron chi connectivity index (χ1n) is 4.27. The molecule has 1 N–H and O–H groups in total. The number of rotatable bonds is 1. The van der Waals surface area contributed by atoms with E-state index < -0.39 is 24.5 Å². The van der Waals surface area contributed by atoms with E-state index in [9.17, 15) is 13.6 Å². The van der Waals surface area contributed by atoms with Crippen LogP contribution < -0.4 is 0 Å². The molecule has 5 heteroatoms. The third-order valence-corrected chi connectivity index (χ3v) is 2.06. The summed E-state index contributed by atoms with van der Waals surface area (Å²) in [5.41, 5.74) is 0. The van der Waals surface area contributed by atoms with Gasteiger partial charge in [-0.05, 0) is 13.3 Å². The molecule has 13 heavy (non-hydrogen) atoms. The quantitative estimate of drug-likeness (QED) is 0.663. The van der Waals surface area contributed by atoms with Crippen LogP contribution in [0.2, 0.25) is 0 Å². The number of carbonyl (C=O) groups is 1. The van der Waals surface area contributed by atoms with Crippen LogP contribution in [0.3, 0.4) is 0 Å². The number of aliphatic hydroxyl groups is 1. The molecule has 1 fully saturated rings. The van der Waals surface area contributed by atoms with E-state index in [0.29, 0.717) is 13.0 Å². The van der Waals surface area contributed by atoms with Gasteiger partial charge in [0.15, 0.2) is 0 Å². The molecule has 1 saturated heterocycles. The molecule has 0 radical (unpaired) electrons. The fourth-order valence-corrected chi connectivity index (χ4v) is 1.42. The van der Waals surface area contributed by atoms with Gasteiger partial charge in [0.2, 0.25) is 0 Å². The number of likely N-dealkylation sites (tertiary alicyclic amines) is 1. The van der Waals surface area contributed by atoms with Crippen LogP contribution in [0.15, 0.2) is 0 Å². The summed E-state index contributed by atoms with van der Waals surface area (Å²) in [6, 6.07) is 0. The smallest absolute Gasteiger partial charge is 0.265 e. The summed E-state index contributed by atoms with van der Waals surface area (Å²) in [5, 5.41) is 8.91. The molecule has 1 atom stereocenters. The number of amides is 1. The van der Waals surface area contributed by atoms with Gasteiger partial charge in [-0.25, -0.2) is 8.78 Å². The molecule has 1 aliphatic rings. The Labute approximate surface area is 75.3 Å². The van der Waals surface area contributed by atoms with Crippen molar-refractivity contribution in [3.63, 3.8) is 0 Å². The lowest BCUT2D eigenvalue weighted by molar-refractivity contribution is -0.149. The first-order valence-corrected chi connectivity index (χ1v) is 4.27. The van der Waals surface area contributed by atoms with E-state index in [0.717, 1.165) is 4.90 Å². The van der Waals surface area contributed by atoms with Crippen molar-refractivity contribution in [1.82, 2.24) is 4.90 Å². The Balaban J connectivity index is 2.57. The summed E-state index contributed by atoms with van der Waals surface area (Å²) in [5.74, 6) is -3.40. The fourth-order valence-electron chi connectivity index (χ4n) is 1.42. The van der Waals surface area contributed by atoms with Gasteiger partial charge in [-0.3, -0.25) is 4.79 Å². The molecule has 1 amide bonds. The van der Waals surface area contributed by atoms with E-state index >= 15 is 0 Å². The summed E-state index contributed by atoms with van der Waals surface area (Å²) in [6.07, 6.45) is -1.06. The van der Waals surface area contributed by atoms with Gasteiger partial charge in [0.1, 0.15) is 6.10 Å². The van der Waals surface area contributed by atoms with Crippen molar-refractivity contribution in [3.05, 3.63) is 0 Å². The highest BCUT2D eigenvalue weighted by atomic mass is 19.3. The molecule has 0 aliphatic carbocycles. The maximum atomic E-state index is 12.8. The Morgan fingerprint density at radius 1 is 1.62 bits per heavy atom. The van der Waals surface area contributed by atoms with Crippen LogP contribution >= 0.6 is 0 Å². The highest BCUT2D eigenvalue weighted by Gasteiger charge is 2.37. The highest BCUT2D eigenvalue weighted by molar-refractivity contribution is 5.80. The standard InChI is InChI=1S/C8H13F2NO2/c1-6(12)7(13)11-4-2-3-8(9,10)5-11/h6,12H,2-5H2,1H3. The number of aliphatic hydroxyl groups excluding tert-OH is 1. The molecule has 1 rings (SSSR count). The summed E-state index contributed by atoms with van der Waals surface area (Å²) in [6.45, 7) is 1.05. The Morgan fingerprint density at radius 3 is 2.69 bits per heavy atom. The number of hydrogen-bond donors (Lipinski definition) is 1. The van der Waals surface area contributed by atoms with Gasteiger partial charge in [-0.15, -0.1) is 0 Å². The fraction of sp³-hybridized carbons (Fsp3) is 0.875. The normalized spacial score (nSPS) is 24.2. The largest absolute Gasteiger partial charge is 0.384 e. The molecule has 1 heterocycles. The molecular weight excluding hydrogens is 180 g/mol. The second kappa shape index (κ2) is 3.57. The number of piperidine rings is 1. The van der Waals surface area contributed by atoms with Gasteiger partial charge >= 0.3 is 0 Å². The number of carbonyl (C=O) groups excluding carboxylic acids is 1. The first kappa shape index (κ1) is 10.4. The van der Waals surface area contributed by atoms with Gasteiger partial charge in [0, 0.05) is 13.0 Å². The topological polar surface area (TPSA) is 40.5 Å². The Bertz CT molecular complexity index is 206. The second-order valence-corrected chi connectivity index (χ2v) is 3.40. The lowest BCUT2D eigenvalue weighted by Crippen LogP contribution is -2.48. The first-order chi connectivity index (χ1) is 5.92. The Kier molecular flexibility index (Phi) is 2.85. The van der Waals surface area contributed by atoms with Gasteiger partial charge in [0.05, 0.1) is 6.54 Å². The van der Waals surface area contributed by atoms with Crippen molar-refractivity contribution >= 4 is 5.91 Å². The van der Waals surface area contributed by atoms with Gasteiger partial charge in [0.25, 0.3) is 11.8 Å². The average molecular weight is 193 g/mol. The molecule has 1 unspecified atom stereocenters. The third-order valence-electron chi connectivity index (χ3n) is 2.06. The predicted octanol–water partition coefficient (Wildman–Crippen LogP) is 0.625. The zero-order valence-electron chi connectivity index (χ0n) is 7.46. The van der Waals surface area contributed by atoms with Crippen LogP contribution in [0.25, 0.3) is 0 Å². The van der Waals surface area contributed by atoms with Gasteiger partial charge in [-0.1, -0.05) is 0 Å². The average Bonchev–Trinajstić information content (AvgIpc) is 2.01. The number of nitrogens with zero attached hydrogens (tertiary/aromatic N) is 1. The molecular formula is C8H13F2NO2. The third kappa shape index (κ3) is 2.62. The summed E-state index contributed by atoms with van der Waals surface area (Å²) >= 11 is 0. The predicted molar refractivity (Wildman–Crippen MR) is 42.4 cm³/mol. The molecule has 76 valence electrons. The van der Waals surface area contributed by atoms with E-state index in [1.807, 2.05) is 0 Å². The Morgan fingerprint density at radius 2 is 2.23 bits per heavy atom. The van der Waals surface area contributed by atoms with E-state index in [-0.39, 0.29) is 6.42 Å². The van der Waals surface area contributed by atoms with Crippen LogP contribution in [0.4, 0.5) is 8.78 Å². The van der Waals surface area contributed by atoms with Crippen molar-refractivity contribution in [2.45, 2.75) is 31.8 Å². The maximum absolute atomic E-state index is 12.8. The monoisotopic (exact) mass is 193 g/mol. The second-order valence-electron chi connectivity index (χ2n) is 3.40. The van der Waals surface area contributed by atoms with E-state index in [1.54, 1.807) is 0 Å².